The number of rotatable bonds is 7. The molecule has 1 aliphatic heterocycles. The number of fused-ring (bicyclic) bond motifs is 1. The van der Waals surface area contributed by atoms with Crippen molar-refractivity contribution in [3.05, 3.63) is 41.5 Å². The summed E-state index contributed by atoms with van der Waals surface area (Å²) in [4.78, 5) is 5.61. The van der Waals surface area contributed by atoms with Gasteiger partial charge in [0.05, 0.1) is 5.54 Å². The standard InChI is InChI=1S/C17H28N4S.C10H17N/c1-3-18-17(9-6-10-17)14-19-20(2)21-11-12-22-16-8-5-4-7-15(16)13-21;1-8-5-6-10(3,11-4)9(2)7-8/h4-5,7-8,18-19H,3,6,9-14H2,1-2H3;7-8H,4-6H2,1-3H3. The predicted octanol–water partition coefficient (Wildman–Crippen LogP) is 5.30. The lowest BCUT2D eigenvalue weighted by molar-refractivity contribution is -0.0592. The average molecular weight is 472 g/mol. The van der Waals surface area contributed by atoms with Crippen LogP contribution < -0.4 is 10.7 Å². The molecule has 0 bridgehead atoms. The zero-order valence-corrected chi connectivity index (χ0v) is 22.3. The van der Waals surface area contributed by atoms with Crippen LogP contribution in [0.5, 0.6) is 0 Å². The Kier molecular flexibility index (Phi) is 9.60. The Balaban J connectivity index is 0.000000235. The van der Waals surface area contributed by atoms with Gasteiger partial charge in [0.2, 0.25) is 0 Å². The highest BCUT2D eigenvalue weighted by Crippen LogP contribution is 2.34. The fourth-order valence-electron chi connectivity index (χ4n) is 4.93. The Bertz CT molecular complexity index is 805. The van der Waals surface area contributed by atoms with E-state index in [0.29, 0.717) is 5.54 Å². The highest BCUT2D eigenvalue weighted by atomic mass is 32.2. The molecule has 0 radical (unpaired) electrons. The summed E-state index contributed by atoms with van der Waals surface area (Å²) < 4.78 is 0. The van der Waals surface area contributed by atoms with Crippen LogP contribution in [0.15, 0.2) is 45.8 Å². The monoisotopic (exact) mass is 471 g/mol. The molecular formula is C27H45N5S. The molecule has 4 rings (SSSR count). The lowest BCUT2D eigenvalue weighted by Crippen LogP contribution is -2.61. The summed E-state index contributed by atoms with van der Waals surface area (Å²) in [7, 11) is 2.15. The quantitative estimate of drug-likeness (QED) is 0.321. The molecule has 33 heavy (non-hydrogen) atoms. The molecule has 1 aromatic carbocycles. The summed E-state index contributed by atoms with van der Waals surface area (Å²) in [5.74, 6) is 1.87. The predicted molar refractivity (Wildman–Crippen MR) is 144 cm³/mol. The maximum Gasteiger partial charge on any atom is 0.0779 e. The van der Waals surface area contributed by atoms with E-state index in [2.05, 4.69) is 97.7 Å². The lowest BCUT2D eigenvalue weighted by Gasteiger charge is -2.44. The van der Waals surface area contributed by atoms with Gasteiger partial charge in [-0.3, -0.25) is 4.99 Å². The van der Waals surface area contributed by atoms with Crippen molar-refractivity contribution in [2.45, 2.75) is 82.3 Å². The summed E-state index contributed by atoms with van der Waals surface area (Å²) in [6, 6.07) is 8.77. The SMILES string of the molecule is C=NC1(C)CCC(C)C=C1C.CCNC1(CNN(C)N2CCSc3ccccc3C2)CCC1. The topological polar surface area (TPSA) is 42.9 Å². The highest BCUT2D eigenvalue weighted by molar-refractivity contribution is 7.99. The first kappa shape index (κ1) is 26.4. The van der Waals surface area contributed by atoms with Gasteiger partial charge < -0.3 is 5.32 Å². The van der Waals surface area contributed by atoms with E-state index in [0.717, 1.165) is 44.3 Å². The van der Waals surface area contributed by atoms with E-state index in [1.54, 1.807) is 0 Å². The molecule has 6 heteroatoms. The molecule has 184 valence electrons. The molecule has 1 fully saturated rings. The number of benzene rings is 1. The highest BCUT2D eigenvalue weighted by Gasteiger charge is 2.36. The first-order valence-corrected chi connectivity index (χ1v) is 13.6. The van der Waals surface area contributed by atoms with Gasteiger partial charge in [0.1, 0.15) is 0 Å². The molecule has 5 nitrogen and oxygen atoms in total. The van der Waals surface area contributed by atoms with Gasteiger partial charge in [0.15, 0.2) is 0 Å². The smallest absolute Gasteiger partial charge is 0.0779 e. The van der Waals surface area contributed by atoms with E-state index >= 15 is 0 Å². The average Bonchev–Trinajstić information content (AvgIpc) is 3.01. The van der Waals surface area contributed by atoms with Crippen LogP contribution in [0.25, 0.3) is 0 Å². The number of likely N-dealkylation sites (N-methyl/N-ethyl adjacent to an activating group) is 1. The van der Waals surface area contributed by atoms with Gasteiger partial charge in [-0.15, -0.1) is 11.8 Å². The maximum atomic E-state index is 4.18. The van der Waals surface area contributed by atoms with Crippen LogP contribution in [-0.4, -0.2) is 60.4 Å². The van der Waals surface area contributed by atoms with Gasteiger partial charge in [-0.2, -0.15) is 5.12 Å². The molecule has 1 saturated carbocycles. The Labute approximate surface area is 206 Å². The summed E-state index contributed by atoms with van der Waals surface area (Å²) in [6.45, 7) is 16.6. The van der Waals surface area contributed by atoms with Crippen molar-refractivity contribution >= 4 is 18.5 Å². The summed E-state index contributed by atoms with van der Waals surface area (Å²) in [5.41, 5.74) is 6.80. The normalized spacial score (nSPS) is 26.8. The van der Waals surface area contributed by atoms with E-state index in [9.17, 15) is 0 Å². The maximum absolute atomic E-state index is 4.18. The van der Waals surface area contributed by atoms with Gasteiger partial charge >= 0.3 is 0 Å². The fourth-order valence-corrected chi connectivity index (χ4v) is 5.94. The van der Waals surface area contributed by atoms with E-state index in [4.69, 9.17) is 0 Å². The Morgan fingerprint density at radius 1 is 1.27 bits per heavy atom. The minimum absolute atomic E-state index is 0.0342. The molecule has 3 aliphatic rings. The number of nitrogens with one attached hydrogen (secondary N) is 2. The van der Waals surface area contributed by atoms with Crippen LogP contribution in [-0.2, 0) is 6.54 Å². The van der Waals surface area contributed by atoms with Crippen LogP contribution in [0, 0.1) is 5.92 Å². The third-order valence-corrected chi connectivity index (χ3v) is 8.78. The molecule has 2 aliphatic carbocycles. The van der Waals surface area contributed by atoms with Crippen LogP contribution in [0.3, 0.4) is 0 Å². The van der Waals surface area contributed by atoms with Crippen molar-refractivity contribution < 1.29 is 0 Å². The van der Waals surface area contributed by atoms with E-state index < -0.39 is 0 Å². The van der Waals surface area contributed by atoms with Crippen molar-refractivity contribution in [3.8, 4) is 0 Å². The summed E-state index contributed by atoms with van der Waals surface area (Å²) >= 11 is 1.97. The van der Waals surface area contributed by atoms with Crippen LogP contribution >= 0.6 is 11.8 Å². The number of hydrazine groups is 2. The van der Waals surface area contributed by atoms with Gasteiger partial charge in [0.25, 0.3) is 0 Å². The third-order valence-electron chi connectivity index (χ3n) is 7.68. The van der Waals surface area contributed by atoms with Crippen molar-refractivity contribution in [1.82, 2.24) is 20.9 Å². The summed E-state index contributed by atoms with van der Waals surface area (Å²) in [5, 5.41) is 8.29. The zero-order chi connectivity index (χ0) is 23.9. The summed E-state index contributed by atoms with van der Waals surface area (Å²) in [6.07, 6.45) is 8.65. The second-order valence-corrected chi connectivity index (χ2v) is 11.3. The number of hydrogen-bond donors (Lipinski definition) is 2. The van der Waals surface area contributed by atoms with Crippen molar-refractivity contribution in [2.75, 3.05) is 32.4 Å². The van der Waals surface area contributed by atoms with Crippen molar-refractivity contribution in [3.63, 3.8) is 0 Å². The largest absolute Gasteiger partial charge is 0.310 e. The van der Waals surface area contributed by atoms with Gasteiger partial charge in [0, 0.05) is 42.9 Å². The second kappa shape index (κ2) is 12.0. The fraction of sp³-hybridized carbons (Fsp3) is 0.667. The number of thioether (sulfide) groups is 1. The molecule has 1 aromatic rings. The molecule has 2 atom stereocenters. The molecule has 0 aromatic heterocycles. The van der Waals surface area contributed by atoms with E-state index in [1.807, 2.05) is 11.8 Å². The van der Waals surface area contributed by atoms with Crippen LogP contribution in [0.4, 0.5) is 0 Å². The molecule has 2 N–H and O–H groups in total. The minimum Gasteiger partial charge on any atom is -0.310 e. The first-order valence-electron chi connectivity index (χ1n) is 12.7. The van der Waals surface area contributed by atoms with Crippen molar-refractivity contribution in [2.24, 2.45) is 10.9 Å². The minimum atomic E-state index is 0.0342. The van der Waals surface area contributed by atoms with Crippen LogP contribution in [0.1, 0.15) is 65.4 Å². The Hall–Kier alpha value is -1.18. The molecule has 0 spiro atoms. The van der Waals surface area contributed by atoms with Crippen molar-refractivity contribution in [1.29, 1.82) is 0 Å². The van der Waals surface area contributed by atoms with Gasteiger partial charge in [-0.05, 0) is 82.3 Å². The number of aliphatic imine (C=N–C) groups is 1. The Morgan fingerprint density at radius 3 is 2.67 bits per heavy atom. The molecule has 0 amide bonds. The molecule has 0 saturated heterocycles. The lowest BCUT2D eigenvalue weighted by atomic mass is 9.77. The second-order valence-electron chi connectivity index (χ2n) is 10.2. The van der Waals surface area contributed by atoms with Crippen LogP contribution in [0.2, 0.25) is 0 Å². The first-order chi connectivity index (χ1) is 15.8. The number of hydrogen-bond acceptors (Lipinski definition) is 6. The zero-order valence-electron chi connectivity index (χ0n) is 21.5. The van der Waals surface area contributed by atoms with E-state index in [1.165, 1.54) is 41.7 Å². The van der Waals surface area contributed by atoms with E-state index in [-0.39, 0.29) is 5.54 Å². The molecule has 1 heterocycles. The van der Waals surface area contributed by atoms with Gasteiger partial charge in [-0.25, -0.2) is 10.4 Å². The third kappa shape index (κ3) is 6.92. The number of nitrogens with zero attached hydrogens (tertiary/aromatic N) is 3. The van der Waals surface area contributed by atoms with Gasteiger partial charge in [-0.1, -0.05) is 38.1 Å². The Morgan fingerprint density at radius 2 is 2.03 bits per heavy atom. The molecule has 2 unspecified atom stereocenters. The molecular weight excluding hydrogens is 426 g/mol. The number of allylic oxidation sites excluding steroid dienone is 1.